The van der Waals surface area contributed by atoms with Crippen LogP contribution in [-0.2, 0) is 0 Å². The van der Waals surface area contributed by atoms with Crippen LogP contribution in [-0.4, -0.2) is 50.2 Å². The van der Waals surface area contributed by atoms with Crippen LogP contribution >= 0.6 is 0 Å². The minimum atomic E-state index is -0.110. The third-order valence-electron chi connectivity index (χ3n) is 6.55. The van der Waals surface area contributed by atoms with Gasteiger partial charge in [0, 0.05) is 54.6 Å². The molecule has 0 saturated carbocycles. The molecule has 5 heteroatoms. The predicted octanol–water partition coefficient (Wildman–Crippen LogP) is 5.74. The number of fused-ring (bicyclic) bond motifs is 1. The first-order chi connectivity index (χ1) is 16.1. The van der Waals surface area contributed by atoms with E-state index >= 15 is 0 Å². The largest absolute Gasteiger partial charge is 0.496 e. The lowest BCUT2D eigenvalue weighted by Crippen LogP contribution is -2.44. The number of anilines is 1. The number of hydrogen-bond acceptors (Lipinski definition) is 4. The summed E-state index contributed by atoms with van der Waals surface area (Å²) in [5, 5.41) is 2.48. The van der Waals surface area contributed by atoms with Gasteiger partial charge in [0.25, 0.3) is 0 Å². The van der Waals surface area contributed by atoms with Crippen LogP contribution in [0.25, 0.3) is 21.9 Å². The number of nitrogens with one attached hydrogen (secondary N) is 1. The highest BCUT2D eigenvalue weighted by molar-refractivity contribution is 5.95. The molecule has 1 N–H and O–H groups in total. The van der Waals surface area contributed by atoms with Gasteiger partial charge in [0.15, 0.2) is 0 Å². The Balaban J connectivity index is 1.38. The summed E-state index contributed by atoms with van der Waals surface area (Å²) in [4.78, 5) is 8.26. The standard InChI is InChI=1S/C28H31N3O2/c1-20(26-17-22(19-29-26)24-8-4-5-10-28(24)32-3)33-23-12-11-21-7-6-9-27(25(21)18-23)31-15-13-30(2)14-16-31/h4-12,17-20,29H,13-16H2,1-3H3. The molecule has 0 aliphatic carbocycles. The monoisotopic (exact) mass is 441 g/mol. The molecule has 1 saturated heterocycles. The number of piperazine rings is 1. The number of rotatable bonds is 6. The molecule has 1 fully saturated rings. The van der Waals surface area contributed by atoms with E-state index in [1.54, 1.807) is 7.11 Å². The van der Waals surface area contributed by atoms with E-state index in [2.05, 4.69) is 77.3 Å². The number of hydrogen-bond donors (Lipinski definition) is 1. The Morgan fingerprint density at radius 1 is 0.909 bits per heavy atom. The number of aromatic amines is 1. The molecule has 33 heavy (non-hydrogen) atoms. The maximum absolute atomic E-state index is 6.38. The first-order valence-electron chi connectivity index (χ1n) is 11.6. The molecule has 3 aromatic carbocycles. The Kier molecular flexibility index (Phi) is 5.97. The number of benzene rings is 3. The van der Waals surface area contributed by atoms with Crippen LogP contribution < -0.4 is 14.4 Å². The summed E-state index contributed by atoms with van der Waals surface area (Å²) < 4.78 is 11.9. The second-order valence-electron chi connectivity index (χ2n) is 8.75. The summed E-state index contributed by atoms with van der Waals surface area (Å²) in [6.45, 7) is 6.35. The van der Waals surface area contributed by atoms with Crippen molar-refractivity contribution in [2.24, 2.45) is 0 Å². The molecular weight excluding hydrogens is 410 g/mol. The van der Waals surface area contributed by atoms with Crippen molar-refractivity contribution >= 4 is 16.5 Å². The van der Waals surface area contributed by atoms with Crippen LogP contribution in [0, 0.1) is 0 Å². The second kappa shape index (κ2) is 9.20. The summed E-state index contributed by atoms with van der Waals surface area (Å²) in [5.41, 5.74) is 4.48. The van der Waals surface area contributed by atoms with Gasteiger partial charge in [0.05, 0.1) is 12.8 Å². The molecule has 1 unspecified atom stereocenters. The Labute approximate surface area is 195 Å². The van der Waals surface area contributed by atoms with Crippen LogP contribution in [0.15, 0.2) is 72.9 Å². The van der Waals surface area contributed by atoms with Crippen molar-refractivity contribution < 1.29 is 9.47 Å². The number of para-hydroxylation sites is 1. The third kappa shape index (κ3) is 4.41. The minimum absolute atomic E-state index is 0.110. The van der Waals surface area contributed by atoms with Gasteiger partial charge in [-0.3, -0.25) is 0 Å². The van der Waals surface area contributed by atoms with E-state index in [0.29, 0.717) is 0 Å². The fourth-order valence-corrected chi connectivity index (χ4v) is 4.58. The van der Waals surface area contributed by atoms with Crippen molar-refractivity contribution in [3.63, 3.8) is 0 Å². The Hall–Kier alpha value is -3.44. The van der Waals surface area contributed by atoms with Gasteiger partial charge < -0.3 is 24.3 Å². The topological polar surface area (TPSA) is 40.7 Å². The van der Waals surface area contributed by atoms with Crippen LogP contribution in [0.2, 0.25) is 0 Å². The average molecular weight is 442 g/mol. The number of likely N-dealkylation sites (N-methyl/N-ethyl adjacent to an activating group) is 1. The highest BCUT2D eigenvalue weighted by Gasteiger charge is 2.17. The van der Waals surface area contributed by atoms with Crippen LogP contribution in [0.5, 0.6) is 11.5 Å². The molecule has 4 aromatic rings. The molecule has 5 nitrogen and oxygen atoms in total. The molecule has 2 heterocycles. The van der Waals surface area contributed by atoms with Crippen molar-refractivity contribution in [3.8, 4) is 22.6 Å². The molecule has 0 spiro atoms. The molecule has 0 amide bonds. The first kappa shape index (κ1) is 21.4. The molecule has 170 valence electrons. The maximum Gasteiger partial charge on any atom is 0.136 e. The zero-order chi connectivity index (χ0) is 22.8. The lowest BCUT2D eigenvalue weighted by atomic mass is 10.1. The lowest BCUT2D eigenvalue weighted by Gasteiger charge is -2.34. The SMILES string of the molecule is COc1ccccc1-c1c[nH]c(C(C)Oc2ccc3cccc(N4CCN(C)CC4)c3c2)c1. The zero-order valence-corrected chi connectivity index (χ0v) is 19.5. The van der Waals surface area contributed by atoms with Gasteiger partial charge in [-0.25, -0.2) is 0 Å². The molecule has 1 aliphatic rings. The number of aromatic nitrogens is 1. The maximum atomic E-state index is 6.38. The lowest BCUT2D eigenvalue weighted by molar-refractivity contribution is 0.223. The second-order valence-corrected chi connectivity index (χ2v) is 8.75. The van der Waals surface area contributed by atoms with Crippen molar-refractivity contribution in [2.75, 3.05) is 45.2 Å². The first-order valence-corrected chi connectivity index (χ1v) is 11.6. The summed E-state index contributed by atoms with van der Waals surface area (Å²) >= 11 is 0. The number of nitrogens with zero attached hydrogens (tertiary/aromatic N) is 2. The minimum Gasteiger partial charge on any atom is -0.496 e. The van der Waals surface area contributed by atoms with Crippen molar-refractivity contribution in [2.45, 2.75) is 13.0 Å². The quantitative estimate of drug-likeness (QED) is 0.415. The summed E-state index contributed by atoms with van der Waals surface area (Å²) in [7, 11) is 3.89. The van der Waals surface area contributed by atoms with Crippen molar-refractivity contribution in [1.82, 2.24) is 9.88 Å². The van der Waals surface area contributed by atoms with Crippen LogP contribution in [0.3, 0.4) is 0 Å². The van der Waals surface area contributed by atoms with Gasteiger partial charge in [-0.15, -0.1) is 0 Å². The van der Waals surface area contributed by atoms with E-state index in [-0.39, 0.29) is 6.10 Å². The Bertz CT molecular complexity index is 1240. The van der Waals surface area contributed by atoms with Crippen LogP contribution in [0.4, 0.5) is 5.69 Å². The Morgan fingerprint density at radius 3 is 2.55 bits per heavy atom. The predicted molar refractivity (Wildman–Crippen MR) is 135 cm³/mol. The molecule has 0 bridgehead atoms. The molecule has 0 radical (unpaired) electrons. The normalized spacial score (nSPS) is 15.5. The Morgan fingerprint density at radius 2 is 1.73 bits per heavy atom. The summed E-state index contributed by atoms with van der Waals surface area (Å²) in [6.07, 6.45) is 1.90. The fraction of sp³-hybridized carbons (Fsp3) is 0.286. The molecule has 1 aliphatic heterocycles. The fourth-order valence-electron chi connectivity index (χ4n) is 4.58. The van der Waals surface area contributed by atoms with Gasteiger partial charge in [-0.05, 0) is 49.7 Å². The van der Waals surface area contributed by atoms with Crippen LogP contribution in [0.1, 0.15) is 18.7 Å². The number of H-pyrrole nitrogens is 1. The van der Waals surface area contributed by atoms with Gasteiger partial charge in [-0.2, -0.15) is 0 Å². The van der Waals surface area contributed by atoms with Gasteiger partial charge in [0.2, 0.25) is 0 Å². The van der Waals surface area contributed by atoms with E-state index in [4.69, 9.17) is 9.47 Å². The van der Waals surface area contributed by atoms with Gasteiger partial charge in [0.1, 0.15) is 17.6 Å². The van der Waals surface area contributed by atoms with E-state index in [1.165, 1.54) is 16.5 Å². The highest BCUT2D eigenvalue weighted by Crippen LogP contribution is 2.34. The summed E-state index contributed by atoms with van der Waals surface area (Å²) in [5.74, 6) is 1.74. The highest BCUT2D eigenvalue weighted by atomic mass is 16.5. The molecule has 5 rings (SSSR count). The van der Waals surface area contributed by atoms with Crippen molar-refractivity contribution in [3.05, 3.63) is 78.6 Å². The third-order valence-corrected chi connectivity index (χ3v) is 6.55. The average Bonchev–Trinajstić information content (AvgIpc) is 3.35. The number of methoxy groups -OCH3 is 1. The van der Waals surface area contributed by atoms with Gasteiger partial charge >= 0.3 is 0 Å². The molecule has 1 aromatic heterocycles. The molecular formula is C28H31N3O2. The summed E-state index contributed by atoms with van der Waals surface area (Å²) in [6, 6.07) is 23.2. The zero-order valence-electron chi connectivity index (χ0n) is 19.5. The number of ether oxygens (including phenoxy) is 2. The van der Waals surface area contributed by atoms with Gasteiger partial charge in [-0.1, -0.05) is 36.4 Å². The van der Waals surface area contributed by atoms with E-state index in [9.17, 15) is 0 Å². The van der Waals surface area contributed by atoms with Crippen molar-refractivity contribution in [1.29, 1.82) is 0 Å². The van der Waals surface area contributed by atoms with E-state index in [1.807, 2.05) is 24.4 Å². The van der Waals surface area contributed by atoms with E-state index in [0.717, 1.165) is 54.5 Å². The van der Waals surface area contributed by atoms with E-state index < -0.39 is 0 Å². The smallest absolute Gasteiger partial charge is 0.136 e. The molecule has 1 atom stereocenters.